The number of hydrogen-bond donors (Lipinski definition) is 1. The van der Waals surface area contributed by atoms with Crippen LogP contribution >= 0.6 is 0 Å². The van der Waals surface area contributed by atoms with Gasteiger partial charge in [-0.15, -0.1) is 0 Å². The van der Waals surface area contributed by atoms with Crippen LogP contribution < -0.4 is 10.6 Å². The van der Waals surface area contributed by atoms with Gasteiger partial charge in [0.1, 0.15) is 11.3 Å². The van der Waals surface area contributed by atoms with Crippen molar-refractivity contribution in [2.75, 3.05) is 23.7 Å². The van der Waals surface area contributed by atoms with E-state index in [-0.39, 0.29) is 22.6 Å². The molecule has 0 spiro atoms. The fraction of sp³-hybridized carbons (Fsp3) is 0.300. The van der Waals surface area contributed by atoms with Crippen LogP contribution in [-0.2, 0) is 6.18 Å². The highest BCUT2D eigenvalue weighted by molar-refractivity contribution is 5.97. The number of halogens is 4. The van der Waals surface area contributed by atoms with E-state index in [0.29, 0.717) is 24.5 Å². The van der Waals surface area contributed by atoms with E-state index in [9.17, 15) is 17.6 Å². The molecule has 2 N–H and O–H groups in total. The lowest BCUT2D eigenvalue weighted by atomic mass is 9.99. The van der Waals surface area contributed by atoms with E-state index < -0.39 is 17.8 Å². The first kappa shape index (κ1) is 18.6. The molecule has 1 aliphatic rings. The van der Waals surface area contributed by atoms with Crippen LogP contribution in [0.5, 0.6) is 0 Å². The largest absolute Gasteiger partial charge is 0.450 e. The highest BCUT2D eigenvalue weighted by Gasteiger charge is 2.39. The molecule has 3 aromatic rings. The van der Waals surface area contributed by atoms with E-state index in [1.807, 2.05) is 4.90 Å². The van der Waals surface area contributed by atoms with Crippen LogP contribution in [0.15, 0.2) is 36.4 Å². The van der Waals surface area contributed by atoms with Gasteiger partial charge in [-0.2, -0.15) is 13.2 Å². The Morgan fingerprint density at radius 3 is 2.57 bits per heavy atom. The van der Waals surface area contributed by atoms with Gasteiger partial charge in [0.2, 0.25) is 5.82 Å². The summed E-state index contributed by atoms with van der Waals surface area (Å²) in [5, 5.41) is 0. The second kappa shape index (κ2) is 6.68. The summed E-state index contributed by atoms with van der Waals surface area (Å²) in [6.07, 6.45) is -2.95. The molecule has 1 atom stereocenters. The number of benzene rings is 2. The van der Waals surface area contributed by atoms with Crippen molar-refractivity contribution in [3.63, 3.8) is 0 Å². The van der Waals surface area contributed by atoms with Crippen LogP contribution in [0.25, 0.3) is 16.7 Å². The second-order valence-corrected chi connectivity index (χ2v) is 7.05. The van der Waals surface area contributed by atoms with Crippen LogP contribution in [0.2, 0.25) is 0 Å². The van der Waals surface area contributed by atoms with E-state index in [1.54, 1.807) is 6.07 Å². The predicted octanol–water partition coefficient (Wildman–Crippen LogP) is 4.82. The zero-order valence-corrected chi connectivity index (χ0v) is 15.0. The van der Waals surface area contributed by atoms with Crippen molar-refractivity contribution < 1.29 is 17.6 Å². The number of nitrogens with two attached hydrogens (primary N) is 1. The fourth-order valence-electron chi connectivity index (χ4n) is 3.81. The molecule has 1 radical (unpaired) electrons. The average molecular weight is 391 g/mol. The van der Waals surface area contributed by atoms with Gasteiger partial charge in [-0.05, 0) is 49.9 Å². The van der Waals surface area contributed by atoms with E-state index in [0.717, 1.165) is 23.5 Å². The Bertz CT molecular complexity index is 1020. The minimum atomic E-state index is -4.76. The molecule has 2 aromatic carbocycles. The Kier molecular flexibility index (Phi) is 4.44. The first-order valence-electron chi connectivity index (χ1n) is 8.98. The Hall–Kier alpha value is -2.77. The molecular weight excluding hydrogens is 372 g/mol. The van der Waals surface area contributed by atoms with Gasteiger partial charge in [0.15, 0.2) is 0 Å². The number of rotatable bonds is 2. The monoisotopic (exact) mass is 391 g/mol. The molecule has 8 heteroatoms. The Morgan fingerprint density at radius 2 is 1.89 bits per heavy atom. The molecule has 0 aliphatic carbocycles. The number of aromatic nitrogens is 2. The van der Waals surface area contributed by atoms with Crippen molar-refractivity contribution in [3.8, 4) is 5.69 Å². The third kappa shape index (κ3) is 3.06. The molecule has 0 unspecified atom stereocenters. The first-order chi connectivity index (χ1) is 13.3. The van der Waals surface area contributed by atoms with Crippen molar-refractivity contribution in [2.45, 2.75) is 19.0 Å². The number of piperidine rings is 1. The van der Waals surface area contributed by atoms with E-state index >= 15 is 0 Å². The number of nitrogens with zero attached hydrogens (tertiary/aromatic N) is 3. The van der Waals surface area contributed by atoms with E-state index in [1.165, 1.54) is 24.3 Å². The minimum Gasteiger partial charge on any atom is -0.397 e. The zero-order valence-electron chi connectivity index (χ0n) is 15.0. The van der Waals surface area contributed by atoms with Crippen LogP contribution in [0, 0.1) is 18.7 Å². The summed E-state index contributed by atoms with van der Waals surface area (Å²) in [6, 6.07) is 8.33. The molecule has 147 valence electrons. The average Bonchev–Trinajstić information content (AvgIpc) is 3.01. The molecular formula is C20H19F4N4. The van der Waals surface area contributed by atoms with Crippen molar-refractivity contribution in [2.24, 2.45) is 5.92 Å². The molecule has 0 bridgehead atoms. The molecule has 28 heavy (non-hydrogen) atoms. The standard InChI is InChI=1S/C20H19F4N4/c1-12-5-4-10-27(11-12)18-14(25)8-9-16-17(18)26-19(20(22,23)24)28(16)15-7-3-2-6-13(15)21/h2-3,6-9,12H,1,4-5,10-11,25H2/t12-/m1/s1. The normalized spacial score (nSPS) is 18.0. The van der Waals surface area contributed by atoms with E-state index in [4.69, 9.17) is 5.73 Å². The third-order valence-corrected chi connectivity index (χ3v) is 5.01. The van der Waals surface area contributed by atoms with Crippen LogP contribution in [-0.4, -0.2) is 22.6 Å². The lowest BCUT2D eigenvalue weighted by Gasteiger charge is -2.33. The number of anilines is 2. The summed E-state index contributed by atoms with van der Waals surface area (Å²) in [6.45, 7) is 5.30. The van der Waals surface area contributed by atoms with Gasteiger partial charge in [0, 0.05) is 13.1 Å². The fourth-order valence-corrected chi connectivity index (χ4v) is 3.81. The first-order valence-corrected chi connectivity index (χ1v) is 8.98. The SMILES string of the molecule is [CH2][C@@H]1CCCN(c2c(N)ccc3c2nc(C(F)(F)F)n3-c2ccccc2F)C1. The summed E-state index contributed by atoms with van der Waals surface area (Å²) < 4.78 is 56.5. The zero-order chi connectivity index (χ0) is 20.1. The second-order valence-electron chi connectivity index (χ2n) is 7.05. The number of hydrogen-bond acceptors (Lipinski definition) is 3. The predicted molar refractivity (Wildman–Crippen MR) is 101 cm³/mol. The van der Waals surface area contributed by atoms with Crippen LogP contribution in [0.1, 0.15) is 18.7 Å². The van der Waals surface area contributed by atoms with Crippen LogP contribution in [0.4, 0.5) is 28.9 Å². The topological polar surface area (TPSA) is 47.1 Å². The maximum atomic E-state index is 14.4. The maximum absolute atomic E-state index is 14.4. The molecule has 1 aromatic heterocycles. The van der Waals surface area contributed by atoms with Gasteiger partial charge in [0.05, 0.1) is 22.6 Å². The van der Waals surface area contributed by atoms with Gasteiger partial charge in [-0.25, -0.2) is 9.37 Å². The molecule has 4 rings (SSSR count). The third-order valence-electron chi connectivity index (χ3n) is 5.01. The summed E-state index contributed by atoms with van der Waals surface area (Å²) >= 11 is 0. The Morgan fingerprint density at radius 1 is 1.14 bits per heavy atom. The number of para-hydroxylation sites is 1. The summed E-state index contributed by atoms with van der Waals surface area (Å²) in [5.74, 6) is -1.79. The van der Waals surface area contributed by atoms with Crippen molar-refractivity contribution in [1.29, 1.82) is 0 Å². The summed E-state index contributed by atoms with van der Waals surface area (Å²) in [7, 11) is 0. The van der Waals surface area contributed by atoms with Crippen LogP contribution in [0.3, 0.4) is 0 Å². The molecule has 1 aliphatic heterocycles. The van der Waals surface area contributed by atoms with Crippen molar-refractivity contribution in [1.82, 2.24) is 9.55 Å². The Labute approximate surface area is 159 Å². The smallest absolute Gasteiger partial charge is 0.397 e. The quantitative estimate of drug-likeness (QED) is 0.504. The van der Waals surface area contributed by atoms with Gasteiger partial charge >= 0.3 is 6.18 Å². The number of alkyl halides is 3. The molecule has 0 saturated carbocycles. The maximum Gasteiger partial charge on any atom is 0.450 e. The summed E-state index contributed by atoms with van der Waals surface area (Å²) in [4.78, 5) is 5.82. The molecule has 4 nitrogen and oxygen atoms in total. The number of imidazole rings is 1. The number of nitrogen functional groups attached to an aromatic ring is 1. The van der Waals surface area contributed by atoms with Gasteiger partial charge < -0.3 is 10.6 Å². The van der Waals surface area contributed by atoms with Gasteiger partial charge in [0.25, 0.3) is 0 Å². The minimum absolute atomic E-state index is 0.115. The van der Waals surface area contributed by atoms with Gasteiger partial charge in [-0.3, -0.25) is 4.57 Å². The molecule has 1 saturated heterocycles. The number of fused-ring (bicyclic) bond motifs is 1. The molecule has 1 fully saturated rings. The highest BCUT2D eigenvalue weighted by Crippen LogP contribution is 2.40. The highest BCUT2D eigenvalue weighted by atomic mass is 19.4. The Balaban J connectivity index is 2.02. The summed E-state index contributed by atoms with van der Waals surface area (Å²) in [5.41, 5.74) is 6.99. The van der Waals surface area contributed by atoms with Crippen molar-refractivity contribution >= 4 is 22.4 Å². The lowest BCUT2D eigenvalue weighted by molar-refractivity contribution is -0.145. The molecule has 2 heterocycles. The molecule has 0 amide bonds. The van der Waals surface area contributed by atoms with Gasteiger partial charge in [-0.1, -0.05) is 12.1 Å². The lowest BCUT2D eigenvalue weighted by Crippen LogP contribution is -2.35. The van der Waals surface area contributed by atoms with E-state index in [2.05, 4.69) is 11.9 Å². The van der Waals surface area contributed by atoms with Crippen molar-refractivity contribution in [3.05, 3.63) is 55.0 Å².